The third-order valence-electron chi connectivity index (χ3n) is 4.13. The van der Waals surface area contributed by atoms with Crippen LogP contribution in [0.5, 0.6) is 11.5 Å². The smallest absolute Gasteiger partial charge is 0.275 e. The summed E-state index contributed by atoms with van der Waals surface area (Å²) in [6, 6.07) is 11.4. The number of benzene rings is 2. The minimum atomic E-state index is -0.233. The molecule has 1 aliphatic rings. The molecule has 2 N–H and O–H groups in total. The summed E-state index contributed by atoms with van der Waals surface area (Å²) in [5.41, 5.74) is 4.27. The normalized spacial score (nSPS) is 12.1. The van der Waals surface area contributed by atoms with Crippen molar-refractivity contribution in [3.05, 3.63) is 58.6 Å². The Bertz CT molecular complexity index is 984. The van der Waals surface area contributed by atoms with Crippen molar-refractivity contribution in [2.24, 2.45) is 0 Å². The first-order valence-electron chi connectivity index (χ1n) is 8.09. The highest BCUT2D eigenvalue weighted by molar-refractivity contribution is 7.14. The number of ether oxygens (including phenoxy) is 2. The zero-order valence-electron chi connectivity index (χ0n) is 14.3. The van der Waals surface area contributed by atoms with Crippen molar-refractivity contribution in [3.8, 4) is 11.5 Å². The van der Waals surface area contributed by atoms with Crippen LogP contribution in [0.3, 0.4) is 0 Å². The van der Waals surface area contributed by atoms with E-state index >= 15 is 0 Å². The monoisotopic (exact) mass is 367 g/mol. The fraction of sp³-hybridized carbons (Fsp3) is 0.158. The standard InChI is InChI=1S/C19H17N3O3S/c1-11-3-4-13(7-12(11)2)20-18(23)15-9-26-19(22-15)21-14-5-6-16-17(8-14)25-10-24-16/h3-9H,10H2,1-2H3,(H,20,23)(H,21,22). The van der Waals surface area contributed by atoms with Crippen molar-refractivity contribution in [2.75, 3.05) is 17.4 Å². The molecule has 1 amide bonds. The Balaban J connectivity index is 1.45. The molecule has 26 heavy (non-hydrogen) atoms. The zero-order valence-corrected chi connectivity index (χ0v) is 15.1. The lowest BCUT2D eigenvalue weighted by atomic mass is 10.1. The van der Waals surface area contributed by atoms with E-state index in [-0.39, 0.29) is 12.7 Å². The second-order valence-electron chi connectivity index (χ2n) is 5.98. The van der Waals surface area contributed by atoms with Crippen LogP contribution < -0.4 is 20.1 Å². The van der Waals surface area contributed by atoms with Crippen molar-refractivity contribution in [1.82, 2.24) is 4.98 Å². The van der Waals surface area contributed by atoms with E-state index < -0.39 is 0 Å². The van der Waals surface area contributed by atoms with Crippen molar-refractivity contribution in [2.45, 2.75) is 13.8 Å². The number of aromatic nitrogens is 1. The van der Waals surface area contributed by atoms with Gasteiger partial charge in [-0.3, -0.25) is 4.79 Å². The predicted octanol–water partition coefficient (Wildman–Crippen LogP) is 4.48. The molecule has 0 aliphatic carbocycles. The fourth-order valence-electron chi connectivity index (χ4n) is 2.55. The van der Waals surface area contributed by atoms with E-state index in [1.165, 1.54) is 16.9 Å². The molecular weight excluding hydrogens is 350 g/mol. The third kappa shape index (κ3) is 3.34. The Hall–Kier alpha value is -3.06. The lowest BCUT2D eigenvalue weighted by molar-refractivity contribution is 0.102. The fourth-order valence-corrected chi connectivity index (χ4v) is 3.26. The van der Waals surface area contributed by atoms with Gasteiger partial charge in [-0.15, -0.1) is 11.3 Å². The number of aryl methyl sites for hydroxylation is 2. The number of anilines is 3. The van der Waals surface area contributed by atoms with Crippen LogP contribution in [0.2, 0.25) is 0 Å². The van der Waals surface area contributed by atoms with E-state index in [1.807, 2.05) is 50.2 Å². The van der Waals surface area contributed by atoms with E-state index in [0.29, 0.717) is 16.6 Å². The van der Waals surface area contributed by atoms with Crippen molar-refractivity contribution in [1.29, 1.82) is 0 Å². The van der Waals surface area contributed by atoms with Gasteiger partial charge in [0.25, 0.3) is 5.91 Å². The van der Waals surface area contributed by atoms with Gasteiger partial charge in [-0.2, -0.15) is 0 Å². The molecule has 0 radical (unpaired) electrons. The van der Waals surface area contributed by atoms with Crippen LogP contribution in [-0.4, -0.2) is 17.7 Å². The molecule has 1 aromatic heterocycles. The number of rotatable bonds is 4. The van der Waals surface area contributed by atoms with Gasteiger partial charge in [0.15, 0.2) is 16.6 Å². The molecule has 2 heterocycles. The highest BCUT2D eigenvalue weighted by Gasteiger charge is 2.15. The lowest BCUT2D eigenvalue weighted by Gasteiger charge is -2.06. The molecule has 132 valence electrons. The highest BCUT2D eigenvalue weighted by atomic mass is 32.1. The first-order valence-corrected chi connectivity index (χ1v) is 8.97. The summed E-state index contributed by atoms with van der Waals surface area (Å²) >= 11 is 1.37. The number of hydrogen-bond acceptors (Lipinski definition) is 6. The maximum Gasteiger partial charge on any atom is 0.275 e. The molecule has 7 heteroatoms. The number of hydrogen-bond donors (Lipinski definition) is 2. The van der Waals surface area contributed by atoms with Crippen molar-refractivity contribution in [3.63, 3.8) is 0 Å². The molecular formula is C19H17N3O3S. The molecule has 0 spiro atoms. The molecule has 0 saturated carbocycles. The van der Waals surface area contributed by atoms with Gasteiger partial charge in [-0.1, -0.05) is 6.07 Å². The van der Waals surface area contributed by atoms with E-state index in [2.05, 4.69) is 15.6 Å². The van der Waals surface area contributed by atoms with Gasteiger partial charge in [0, 0.05) is 22.8 Å². The maximum atomic E-state index is 12.4. The molecule has 0 fully saturated rings. The third-order valence-corrected chi connectivity index (χ3v) is 4.88. The second kappa shape index (κ2) is 6.68. The second-order valence-corrected chi connectivity index (χ2v) is 6.84. The molecule has 3 aromatic rings. The number of carbonyl (C=O) groups excluding carboxylic acids is 1. The summed E-state index contributed by atoms with van der Waals surface area (Å²) in [7, 11) is 0. The van der Waals surface area contributed by atoms with Crippen molar-refractivity contribution < 1.29 is 14.3 Å². The molecule has 0 saturated heterocycles. The van der Waals surface area contributed by atoms with Gasteiger partial charge in [0.1, 0.15) is 5.69 Å². The van der Waals surface area contributed by atoms with Crippen LogP contribution >= 0.6 is 11.3 Å². The van der Waals surface area contributed by atoms with Gasteiger partial charge >= 0.3 is 0 Å². The summed E-state index contributed by atoms with van der Waals surface area (Å²) in [6.07, 6.45) is 0. The summed E-state index contributed by atoms with van der Waals surface area (Å²) in [5, 5.41) is 8.42. The highest BCUT2D eigenvalue weighted by Crippen LogP contribution is 2.35. The van der Waals surface area contributed by atoms with Gasteiger partial charge in [0.2, 0.25) is 6.79 Å². The SMILES string of the molecule is Cc1ccc(NC(=O)c2csc(Nc3ccc4c(c3)OCO4)n2)cc1C. The Kier molecular flexibility index (Phi) is 4.22. The number of thiazole rings is 1. The topological polar surface area (TPSA) is 72.5 Å². The molecule has 0 unspecified atom stereocenters. The molecule has 4 rings (SSSR count). The number of nitrogens with one attached hydrogen (secondary N) is 2. The number of fused-ring (bicyclic) bond motifs is 1. The molecule has 1 aliphatic heterocycles. The quantitative estimate of drug-likeness (QED) is 0.711. The summed E-state index contributed by atoms with van der Waals surface area (Å²) in [6.45, 7) is 4.29. The number of amides is 1. The molecule has 6 nitrogen and oxygen atoms in total. The molecule has 0 bridgehead atoms. The Labute approximate surface area is 154 Å². The van der Waals surface area contributed by atoms with Crippen LogP contribution in [0, 0.1) is 13.8 Å². The van der Waals surface area contributed by atoms with Crippen LogP contribution in [0.15, 0.2) is 41.8 Å². The average Bonchev–Trinajstić information content (AvgIpc) is 3.27. The summed E-state index contributed by atoms with van der Waals surface area (Å²) in [5.74, 6) is 1.19. The zero-order chi connectivity index (χ0) is 18.1. The van der Waals surface area contributed by atoms with E-state index in [0.717, 1.165) is 22.7 Å². The van der Waals surface area contributed by atoms with Crippen LogP contribution in [-0.2, 0) is 0 Å². The first-order chi connectivity index (χ1) is 12.6. The maximum absolute atomic E-state index is 12.4. The Morgan fingerprint density at radius 2 is 1.85 bits per heavy atom. The first kappa shape index (κ1) is 16.4. The van der Waals surface area contributed by atoms with Gasteiger partial charge in [0.05, 0.1) is 0 Å². The minimum Gasteiger partial charge on any atom is -0.454 e. The minimum absolute atomic E-state index is 0.233. The Morgan fingerprint density at radius 1 is 1.04 bits per heavy atom. The largest absolute Gasteiger partial charge is 0.454 e. The van der Waals surface area contributed by atoms with Crippen LogP contribution in [0.25, 0.3) is 0 Å². The van der Waals surface area contributed by atoms with Gasteiger partial charge in [-0.25, -0.2) is 4.98 Å². The molecule has 0 atom stereocenters. The van der Waals surface area contributed by atoms with Crippen LogP contribution in [0.4, 0.5) is 16.5 Å². The van der Waals surface area contributed by atoms with Gasteiger partial charge in [-0.05, 0) is 49.2 Å². The van der Waals surface area contributed by atoms with Crippen molar-refractivity contribution >= 4 is 33.8 Å². The summed E-state index contributed by atoms with van der Waals surface area (Å²) in [4.78, 5) is 16.8. The number of nitrogens with zero attached hydrogens (tertiary/aromatic N) is 1. The number of carbonyl (C=O) groups is 1. The van der Waals surface area contributed by atoms with E-state index in [4.69, 9.17) is 9.47 Å². The summed E-state index contributed by atoms with van der Waals surface area (Å²) < 4.78 is 10.7. The van der Waals surface area contributed by atoms with E-state index in [9.17, 15) is 4.79 Å². The average molecular weight is 367 g/mol. The molecule has 2 aromatic carbocycles. The lowest BCUT2D eigenvalue weighted by Crippen LogP contribution is -2.12. The van der Waals surface area contributed by atoms with E-state index in [1.54, 1.807) is 5.38 Å². The predicted molar refractivity (Wildman–Crippen MR) is 102 cm³/mol. The Morgan fingerprint density at radius 3 is 2.69 bits per heavy atom. The van der Waals surface area contributed by atoms with Crippen LogP contribution in [0.1, 0.15) is 21.6 Å². The van der Waals surface area contributed by atoms with Gasteiger partial charge < -0.3 is 20.1 Å².